The van der Waals surface area contributed by atoms with Gasteiger partial charge in [-0.15, -0.1) is 0 Å². The predicted octanol–water partition coefficient (Wildman–Crippen LogP) is -0.102. The molecule has 40 valence electrons. The second kappa shape index (κ2) is 6.45. The summed E-state index contributed by atoms with van der Waals surface area (Å²) in [6.45, 7) is 0. The summed E-state index contributed by atoms with van der Waals surface area (Å²) in [7, 11) is 3.42. The van der Waals surface area contributed by atoms with Gasteiger partial charge in [-0.3, -0.25) is 0 Å². The van der Waals surface area contributed by atoms with Crippen LogP contribution in [0.1, 0.15) is 0 Å². The van der Waals surface area contributed by atoms with Crippen LogP contribution in [-0.2, 0) is 9.47 Å². The second-order valence-corrected chi connectivity index (χ2v) is 2.44. The van der Waals surface area contributed by atoms with Crippen LogP contribution in [0.15, 0.2) is 0 Å². The molecule has 0 aromatic heterocycles. The van der Waals surface area contributed by atoms with Gasteiger partial charge in [-0.2, -0.15) is 0 Å². The Morgan fingerprint density at radius 3 is 1.86 bits per heavy atom. The van der Waals surface area contributed by atoms with Gasteiger partial charge in [0.15, 0.2) is 0 Å². The number of ether oxygens (including phenoxy) is 2. The fourth-order valence-electron chi connectivity index (χ4n) is 0.284. The number of hydrogen-bond donors (Lipinski definition) is 0. The van der Waals surface area contributed by atoms with E-state index in [1.54, 1.807) is 14.2 Å². The van der Waals surface area contributed by atoms with Gasteiger partial charge in [-0.05, 0) is 0 Å². The third-order valence-corrected chi connectivity index (χ3v) is 1.71. The van der Waals surface area contributed by atoms with Gasteiger partial charge in [-0.25, -0.2) is 0 Å². The Hall–Kier alpha value is 0.452. The second-order valence-electron chi connectivity index (χ2n) is 1.20. The molecule has 7 heavy (non-hydrogen) atoms. The molecule has 0 aliphatic rings. The number of rotatable bonds is 4. The zero-order valence-corrected chi connectivity index (χ0v) is 5.96. The summed E-state index contributed by atoms with van der Waals surface area (Å²) in [5.74, 6) is 0. The standard InChI is InChI=1S/2C2H5O.Al/c2*1-3-2;/h2*1H2,2H3;/q;;+1. The van der Waals surface area contributed by atoms with Gasteiger partial charge in [0.25, 0.3) is 0 Å². The van der Waals surface area contributed by atoms with E-state index >= 15 is 0 Å². The van der Waals surface area contributed by atoms with Crippen molar-refractivity contribution in [2.45, 2.75) is 0 Å². The topological polar surface area (TPSA) is 18.5 Å². The number of methoxy groups -OCH3 is 2. The molecule has 0 aromatic carbocycles. The molecule has 0 aliphatic carbocycles. The van der Waals surface area contributed by atoms with Crippen molar-refractivity contribution in [3.05, 3.63) is 0 Å². The first-order valence-corrected chi connectivity index (χ1v) is 3.84. The molecule has 0 unspecified atom stereocenters. The Balaban J connectivity index is 2.45. The van der Waals surface area contributed by atoms with E-state index in [4.69, 9.17) is 9.47 Å². The SMILES string of the molecule is CO[CH2][Al+][CH2]OC. The Bertz CT molecular complexity index is 28.9. The average molecular weight is 117 g/mol. The fourth-order valence-corrected chi connectivity index (χ4v) is 0.851. The van der Waals surface area contributed by atoms with Crippen molar-refractivity contribution in [3.8, 4) is 0 Å². The summed E-state index contributed by atoms with van der Waals surface area (Å²) in [4.78, 5) is 0. The van der Waals surface area contributed by atoms with Crippen molar-refractivity contribution in [3.63, 3.8) is 0 Å². The molecule has 3 heteroatoms. The van der Waals surface area contributed by atoms with Gasteiger partial charge >= 0.3 is 49.9 Å². The maximum atomic E-state index is 4.80. The molecule has 0 saturated heterocycles. The van der Waals surface area contributed by atoms with Gasteiger partial charge in [0.2, 0.25) is 0 Å². The summed E-state index contributed by atoms with van der Waals surface area (Å²) >= 11 is 0.377. The van der Waals surface area contributed by atoms with E-state index in [0.29, 0.717) is 15.2 Å². The molecule has 0 heterocycles. The molecule has 0 atom stereocenters. The number of hydrogen-bond acceptors (Lipinski definition) is 2. The minimum absolute atomic E-state index is 0.377. The van der Waals surface area contributed by atoms with Crippen LogP contribution in [0.4, 0.5) is 0 Å². The first-order chi connectivity index (χ1) is 3.41. The van der Waals surface area contributed by atoms with Crippen molar-refractivity contribution in [2.75, 3.05) is 25.2 Å². The van der Waals surface area contributed by atoms with Gasteiger partial charge < -0.3 is 0 Å². The third kappa shape index (κ3) is 6.45. The van der Waals surface area contributed by atoms with E-state index in [0.717, 1.165) is 10.9 Å². The van der Waals surface area contributed by atoms with Gasteiger partial charge in [0.1, 0.15) is 0 Å². The molecule has 0 amide bonds. The van der Waals surface area contributed by atoms with E-state index in [-0.39, 0.29) is 0 Å². The molecule has 0 rings (SSSR count). The Kier molecular flexibility index (Phi) is 6.87. The molecule has 0 N–H and O–H groups in total. The summed E-state index contributed by atoms with van der Waals surface area (Å²) in [6, 6.07) is 0. The minimum atomic E-state index is 0.377. The summed E-state index contributed by atoms with van der Waals surface area (Å²) in [6.07, 6.45) is 0. The quantitative estimate of drug-likeness (QED) is 0.378. The molecule has 0 bridgehead atoms. The monoisotopic (exact) mass is 117 g/mol. The van der Waals surface area contributed by atoms with Gasteiger partial charge in [0, 0.05) is 0 Å². The summed E-state index contributed by atoms with van der Waals surface area (Å²) in [5.41, 5.74) is 1.77. The van der Waals surface area contributed by atoms with Crippen LogP contribution in [0.2, 0.25) is 0 Å². The van der Waals surface area contributed by atoms with Crippen LogP contribution in [0, 0.1) is 0 Å². The van der Waals surface area contributed by atoms with Crippen molar-refractivity contribution < 1.29 is 9.47 Å². The van der Waals surface area contributed by atoms with Crippen molar-refractivity contribution in [1.29, 1.82) is 0 Å². The van der Waals surface area contributed by atoms with Gasteiger partial charge in [-0.1, -0.05) is 0 Å². The molecule has 0 aliphatic heterocycles. The average Bonchev–Trinajstić information content (AvgIpc) is 1.69. The molecule has 0 radical (unpaired) electrons. The third-order valence-electron chi connectivity index (χ3n) is 0.569. The molecule has 0 spiro atoms. The normalized spacial score (nSPS) is 8.29. The molecule has 0 aromatic rings. The van der Waals surface area contributed by atoms with Crippen LogP contribution in [0.25, 0.3) is 0 Å². The predicted molar refractivity (Wildman–Crippen MR) is 29.5 cm³/mol. The van der Waals surface area contributed by atoms with Crippen LogP contribution < -0.4 is 0 Å². The van der Waals surface area contributed by atoms with E-state index in [2.05, 4.69) is 0 Å². The first-order valence-electron chi connectivity index (χ1n) is 2.21. The Labute approximate surface area is 50.5 Å². The molecule has 0 saturated carbocycles. The Morgan fingerprint density at radius 2 is 1.57 bits per heavy atom. The van der Waals surface area contributed by atoms with Crippen LogP contribution >= 0.6 is 0 Å². The van der Waals surface area contributed by atoms with Gasteiger partial charge in [0.05, 0.1) is 0 Å². The molecule has 0 fully saturated rings. The van der Waals surface area contributed by atoms with Crippen LogP contribution in [0.3, 0.4) is 0 Å². The van der Waals surface area contributed by atoms with E-state index in [1.807, 2.05) is 0 Å². The molecular weight excluding hydrogens is 107 g/mol. The summed E-state index contributed by atoms with van der Waals surface area (Å²) < 4.78 is 9.60. The van der Waals surface area contributed by atoms with Crippen molar-refractivity contribution >= 4 is 15.2 Å². The fraction of sp³-hybridized carbons (Fsp3) is 1.00. The van der Waals surface area contributed by atoms with Crippen molar-refractivity contribution in [1.82, 2.24) is 0 Å². The molecule has 2 nitrogen and oxygen atoms in total. The van der Waals surface area contributed by atoms with E-state index in [9.17, 15) is 0 Å². The Morgan fingerprint density at radius 1 is 1.14 bits per heavy atom. The van der Waals surface area contributed by atoms with E-state index in [1.165, 1.54) is 0 Å². The zero-order chi connectivity index (χ0) is 5.54. The maximum absolute atomic E-state index is 4.80. The zero-order valence-electron chi connectivity index (χ0n) is 4.81. The summed E-state index contributed by atoms with van der Waals surface area (Å²) in [5, 5.41) is 0. The molecular formula is C4H10AlO2+. The van der Waals surface area contributed by atoms with Crippen molar-refractivity contribution in [2.24, 2.45) is 0 Å². The first kappa shape index (κ1) is 7.45. The van der Waals surface area contributed by atoms with E-state index < -0.39 is 0 Å². The van der Waals surface area contributed by atoms with Crippen LogP contribution in [0.5, 0.6) is 0 Å². The van der Waals surface area contributed by atoms with Crippen LogP contribution in [-0.4, -0.2) is 40.4 Å².